The molecule has 92 valence electrons. The molecule has 0 aliphatic rings. The van der Waals surface area contributed by atoms with Crippen LogP contribution in [0.4, 0.5) is 0 Å². The van der Waals surface area contributed by atoms with Crippen molar-refractivity contribution in [1.29, 1.82) is 0 Å². The molecule has 0 saturated carbocycles. The highest BCUT2D eigenvalue weighted by Gasteiger charge is 1.96. The molecule has 0 aliphatic heterocycles. The van der Waals surface area contributed by atoms with E-state index in [0.717, 1.165) is 17.7 Å². The molecule has 0 amide bonds. The minimum Gasteiger partial charge on any atom is -0.462 e. The summed E-state index contributed by atoms with van der Waals surface area (Å²) >= 11 is 1.36. The van der Waals surface area contributed by atoms with Crippen molar-refractivity contribution in [3.8, 4) is 0 Å². The van der Waals surface area contributed by atoms with E-state index in [1.165, 1.54) is 18.1 Å². The largest absolute Gasteiger partial charge is 0.462 e. The molecule has 3 nitrogen and oxygen atoms in total. The maximum absolute atomic E-state index is 11.3. The van der Waals surface area contributed by atoms with Gasteiger partial charge in [-0.3, -0.25) is 0 Å². The standard InChI is InChI=1S/C13H16O3S/c1-15-17-11-5-10-16-13(14)9-8-12-6-3-2-4-7-12/h2-4,6-9H,5,10-11H2,1H3/b9-8+. The Morgan fingerprint density at radius 3 is 2.82 bits per heavy atom. The van der Waals surface area contributed by atoms with Gasteiger partial charge in [0.2, 0.25) is 0 Å². The lowest BCUT2D eigenvalue weighted by atomic mass is 10.2. The number of hydrogen-bond acceptors (Lipinski definition) is 4. The second kappa shape index (κ2) is 8.84. The molecule has 17 heavy (non-hydrogen) atoms. The van der Waals surface area contributed by atoms with Crippen molar-refractivity contribution in [2.75, 3.05) is 19.5 Å². The Hall–Kier alpha value is -1.26. The Balaban J connectivity index is 2.19. The Kier molecular flexibility index (Phi) is 7.18. The zero-order valence-electron chi connectivity index (χ0n) is 9.80. The lowest BCUT2D eigenvalue weighted by Crippen LogP contribution is -2.03. The van der Waals surface area contributed by atoms with Crippen LogP contribution in [0.2, 0.25) is 0 Å². The molecule has 0 fully saturated rings. The zero-order valence-corrected chi connectivity index (χ0v) is 10.6. The van der Waals surface area contributed by atoms with Crippen LogP contribution in [0.5, 0.6) is 0 Å². The third kappa shape index (κ3) is 6.81. The van der Waals surface area contributed by atoms with Gasteiger partial charge in [-0.05, 0) is 30.1 Å². The molecule has 0 atom stereocenters. The number of rotatable bonds is 7. The van der Waals surface area contributed by atoms with Crippen molar-refractivity contribution in [3.63, 3.8) is 0 Å². The molecule has 0 aliphatic carbocycles. The molecule has 0 saturated heterocycles. The van der Waals surface area contributed by atoms with Gasteiger partial charge in [-0.1, -0.05) is 30.3 Å². The summed E-state index contributed by atoms with van der Waals surface area (Å²) in [5.41, 5.74) is 0.986. The average Bonchev–Trinajstić information content (AvgIpc) is 2.37. The monoisotopic (exact) mass is 252 g/mol. The summed E-state index contributed by atoms with van der Waals surface area (Å²) in [5, 5.41) is 0. The molecule has 0 N–H and O–H groups in total. The highest BCUT2D eigenvalue weighted by atomic mass is 32.2. The third-order valence-corrected chi connectivity index (χ3v) is 2.64. The van der Waals surface area contributed by atoms with Crippen molar-refractivity contribution in [2.24, 2.45) is 0 Å². The molecule has 1 aromatic carbocycles. The van der Waals surface area contributed by atoms with Gasteiger partial charge in [0.15, 0.2) is 0 Å². The maximum Gasteiger partial charge on any atom is 0.330 e. The summed E-state index contributed by atoms with van der Waals surface area (Å²) in [6.45, 7) is 0.425. The number of benzene rings is 1. The van der Waals surface area contributed by atoms with Crippen LogP contribution in [0.1, 0.15) is 12.0 Å². The summed E-state index contributed by atoms with van der Waals surface area (Å²) < 4.78 is 9.83. The zero-order chi connectivity index (χ0) is 12.3. The molecule has 0 spiro atoms. The molecule has 0 aromatic heterocycles. The first-order valence-corrected chi connectivity index (χ1v) is 6.29. The summed E-state index contributed by atoms with van der Waals surface area (Å²) in [5.74, 6) is 0.517. The van der Waals surface area contributed by atoms with Gasteiger partial charge in [-0.25, -0.2) is 4.79 Å². The van der Waals surface area contributed by atoms with Crippen molar-refractivity contribution in [3.05, 3.63) is 42.0 Å². The van der Waals surface area contributed by atoms with Gasteiger partial charge in [-0.15, -0.1) is 0 Å². The first-order valence-electron chi connectivity index (χ1n) is 5.38. The summed E-state index contributed by atoms with van der Waals surface area (Å²) in [6, 6.07) is 9.64. The Morgan fingerprint density at radius 1 is 1.35 bits per heavy atom. The van der Waals surface area contributed by atoms with E-state index < -0.39 is 0 Å². The highest BCUT2D eigenvalue weighted by molar-refractivity contribution is 7.94. The van der Waals surface area contributed by atoms with Crippen molar-refractivity contribution >= 4 is 24.1 Å². The Labute approximate surface area is 106 Å². The Bertz CT molecular complexity index is 349. The molecule has 0 heterocycles. The second-order valence-electron chi connectivity index (χ2n) is 3.25. The maximum atomic E-state index is 11.3. The third-order valence-electron chi connectivity index (χ3n) is 1.95. The van der Waals surface area contributed by atoms with E-state index in [1.54, 1.807) is 13.2 Å². The smallest absolute Gasteiger partial charge is 0.330 e. The molecular formula is C13H16O3S. The van der Waals surface area contributed by atoms with E-state index in [9.17, 15) is 4.79 Å². The fourth-order valence-electron chi connectivity index (χ4n) is 1.15. The fraction of sp³-hybridized carbons (Fsp3) is 0.308. The van der Waals surface area contributed by atoms with Crippen LogP contribution < -0.4 is 0 Å². The van der Waals surface area contributed by atoms with Gasteiger partial charge in [0.05, 0.1) is 13.7 Å². The second-order valence-corrected chi connectivity index (χ2v) is 4.23. The lowest BCUT2D eigenvalue weighted by Gasteiger charge is -2.00. The van der Waals surface area contributed by atoms with Crippen LogP contribution in [0.25, 0.3) is 6.08 Å². The fourth-order valence-corrected chi connectivity index (χ4v) is 1.55. The molecule has 0 radical (unpaired) electrons. The SMILES string of the molecule is COSCCCOC(=O)/C=C/c1ccccc1. The summed E-state index contributed by atoms with van der Waals surface area (Å²) in [7, 11) is 1.62. The van der Waals surface area contributed by atoms with Gasteiger partial charge in [0.25, 0.3) is 0 Å². The van der Waals surface area contributed by atoms with E-state index in [0.29, 0.717) is 6.61 Å². The minimum atomic E-state index is -0.309. The van der Waals surface area contributed by atoms with E-state index in [4.69, 9.17) is 8.92 Å². The predicted octanol–water partition coefficient (Wildman–Crippen LogP) is 2.93. The van der Waals surface area contributed by atoms with E-state index in [-0.39, 0.29) is 5.97 Å². The van der Waals surface area contributed by atoms with Crippen molar-refractivity contribution in [1.82, 2.24) is 0 Å². The molecule has 1 aromatic rings. The Morgan fingerprint density at radius 2 is 2.12 bits per heavy atom. The van der Waals surface area contributed by atoms with Gasteiger partial charge >= 0.3 is 5.97 Å². The topological polar surface area (TPSA) is 35.5 Å². The van der Waals surface area contributed by atoms with Crippen LogP contribution in [0.3, 0.4) is 0 Å². The molecule has 4 heteroatoms. The van der Waals surface area contributed by atoms with Gasteiger partial charge in [0, 0.05) is 11.8 Å². The number of hydrogen-bond donors (Lipinski definition) is 0. The van der Waals surface area contributed by atoms with Crippen LogP contribution in [-0.4, -0.2) is 25.4 Å². The number of esters is 1. The quantitative estimate of drug-likeness (QED) is 0.323. The lowest BCUT2D eigenvalue weighted by molar-refractivity contribution is -0.137. The number of carbonyl (C=O) groups excluding carboxylic acids is 1. The van der Waals surface area contributed by atoms with E-state index in [2.05, 4.69) is 0 Å². The number of carbonyl (C=O) groups is 1. The van der Waals surface area contributed by atoms with Crippen LogP contribution in [0.15, 0.2) is 36.4 Å². The molecular weight excluding hydrogens is 236 g/mol. The summed E-state index contributed by atoms with van der Waals surface area (Å²) in [6.07, 6.45) is 3.98. The van der Waals surface area contributed by atoms with E-state index in [1.807, 2.05) is 30.3 Å². The van der Waals surface area contributed by atoms with Crippen molar-refractivity contribution in [2.45, 2.75) is 6.42 Å². The number of ether oxygens (including phenoxy) is 1. The first-order chi connectivity index (χ1) is 8.33. The molecule has 0 bridgehead atoms. The summed E-state index contributed by atoms with van der Waals surface area (Å²) in [4.78, 5) is 11.3. The van der Waals surface area contributed by atoms with Gasteiger partial charge in [-0.2, -0.15) is 0 Å². The highest BCUT2D eigenvalue weighted by Crippen LogP contribution is 2.03. The van der Waals surface area contributed by atoms with E-state index >= 15 is 0 Å². The minimum absolute atomic E-state index is 0.309. The molecule has 1 rings (SSSR count). The van der Waals surface area contributed by atoms with Crippen molar-refractivity contribution < 1.29 is 13.7 Å². The van der Waals surface area contributed by atoms with Gasteiger partial charge in [0.1, 0.15) is 0 Å². The predicted molar refractivity (Wildman–Crippen MR) is 70.5 cm³/mol. The molecule has 0 unspecified atom stereocenters. The van der Waals surface area contributed by atoms with Crippen LogP contribution >= 0.6 is 12.0 Å². The van der Waals surface area contributed by atoms with Gasteiger partial charge < -0.3 is 8.92 Å². The van der Waals surface area contributed by atoms with Crippen LogP contribution in [0, 0.1) is 0 Å². The normalized spacial score (nSPS) is 10.6. The first kappa shape index (κ1) is 13.8. The van der Waals surface area contributed by atoms with Crippen LogP contribution in [-0.2, 0) is 13.7 Å². The average molecular weight is 252 g/mol.